The molecule has 94 valence electrons. The van der Waals surface area contributed by atoms with Crippen molar-refractivity contribution >= 4 is 17.2 Å². The van der Waals surface area contributed by atoms with Gasteiger partial charge >= 0.3 is 0 Å². The minimum Gasteiger partial charge on any atom is -0.364 e. The molecule has 5 heteroatoms. The number of hydrogen-bond donors (Lipinski definition) is 2. The first kappa shape index (κ1) is 11.7. The Morgan fingerprint density at radius 3 is 2.58 bits per heavy atom. The number of benzene rings is 1. The maximum atomic E-state index is 11.5. The highest BCUT2D eigenvalue weighted by Crippen LogP contribution is 2.28. The fourth-order valence-electron chi connectivity index (χ4n) is 1.88. The summed E-state index contributed by atoms with van der Waals surface area (Å²) in [6.07, 6.45) is 0. The van der Waals surface area contributed by atoms with Gasteiger partial charge in [-0.2, -0.15) is 0 Å². The summed E-state index contributed by atoms with van der Waals surface area (Å²) in [7, 11) is 0. The number of aromatic nitrogens is 2. The lowest BCUT2D eigenvalue weighted by atomic mass is 10.2. The van der Waals surface area contributed by atoms with Gasteiger partial charge in [-0.1, -0.05) is 36.4 Å². The average Bonchev–Trinajstić information content (AvgIpc) is 3.08. The second-order valence-corrected chi connectivity index (χ2v) is 4.96. The Hall–Kier alpha value is -2.40. The van der Waals surface area contributed by atoms with Gasteiger partial charge in [-0.15, -0.1) is 11.3 Å². The fourth-order valence-corrected chi connectivity index (χ4v) is 2.61. The Balaban J connectivity index is 2.15. The number of hydrogen-bond acceptors (Lipinski definition) is 3. The van der Waals surface area contributed by atoms with Crippen molar-refractivity contribution < 1.29 is 4.79 Å². The highest BCUT2D eigenvalue weighted by molar-refractivity contribution is 7.13. The van der Waals surface area contributed by atoms with Gasteiger partial charge in [0.2, 0.25) is 0 Å². The Kier molecular flexibility index (Phi) is 2.89. The monoisotopic (exact) mass is 269 g/mol. The number of nitrogens with zero attached hydrogens (tertiary/aromatic N) is 1. The topological polar surface area (TPSA) is 71.8 Å². The van der Waals surface area contributed by atoms with Crippen molar-refractivity contribution in [2.75, 3.05) is 0 Å². The number of carbonyl (C=O) groups excluding carboxylic acids is 1. The molecule has 3 N–H and O–H groups in total. The Labute approximate surface area is 113 Å². The summed E-state index contributed by atoms with van der Waals surface area (Å²) in [5.74, 6) is 0.125. The van der Waals surface area contributed by atoms with E-state index in [0.29, 0.717) is 11.5 Å². The van der Waals surface area contributed by atoms with Crippen LogP contribution in [0.1, 0.15) is 10.5 Å². The molecule has 0 spiro atoms. The Morgan fingerprint density at radius 2 is 1.95 bits per heavy atom. The molecule has 0 saturated carbocycles. The Bertz CT molecular complexity index is 702. The molecule has 0 aliphatic rings. The first-order valence-electron chi connectivity index (χ1n) is 5.75. The number of rotatable bonds is 3. The molecule has 4 nitrogen and oxygen atoms in total. The van der Waals surface area contributed by atoms with E-state index in [0.717, 1.165) is 10.4 Å². The lowest BCUT2D eigenvalue weighted by Gasteiger charge is -1.95. The van der Waals surface area contributed by atoms with Crippen LogP contribution in [0.25, 0.3) is 22.0 Å². The van der Waals surface area contributed by atoms with E-state index < -0.39 is 5.91 Å². The van der Waals surface area contributed by atoms with Gasteiger partial charge in [0.05, 0.1) is 10.6 Å². The second kappa shape index (κ2) is 4.70. The normalized spacial score (nSPS) is 10.5. The molecule has 0 unspecified atom stereocenters. The van der Waals surface area contributed by atoms with Gasteiger partial charge in [-0.05, 0) is 11.4 Å². The van der Waals surface area contributed by atoms with Gasteiger partial charge in [0.1, 0.15) is 5.82 Å². The smallest absolute Gasteiger partial charge is 0.269 e. The number of nitrogens with two attached hydrogens (primary N) is 1. The molecule has 0 atom stereocenters. The van der Waals surface area contributed by atoms with Crippen LogP contribution in [0.3, 0.4) is 0 Å². The summed E-state index contributed by atoms with van der Waals surface area (Å²) in [6.45, 7) is 0. The molecule has 1 aromatic carbocycles. The van der Waals surface area contributed by atoms with Crippen LogP contribution >= 0.6 is 11.3 Å². The largest absolute Gasteiger partial charge is 0.364 e. The van der Waals surface area contributed by atoms with E-state index >= 15 is 0 Å². The van der Waals surface area contributed by atoms with Crippen molar-refractivity contribution in [2.45, 2.75) is 0 Å². The molecule has 0 fully saturated rings. The highest BCUT2D eigenvalue weighted by Gasteiger charge is 2.17. The number of nitrogens with one attached hydrogen (secondary N) is 1. The zero-order valence-corrected chi connectivity index (χ0v) is 10.8. The summed E-state index contributed by atoms with van der Waals surface area (Å²) >= 11 is 1.54. The molecule has 0 saturated heterocycles. The van der Waals surface area contributed by atoms with Crippen molar-refractivity contribution in [2.24, 2.45) is 5.73 Å². The van der Waals surface area contributed by atoms with Crippen molar-refractivity contribution in [1.29, 1.82) is 0 Å². The van der Waals surface area contributed by atoms with Crippen LogP contribution in [-0.4, -0.2) is 15.9 Å². The third-order valence-electron chi connectivity index (χ3n) is 2.75. The summed E-state index contributed by atoms with van der Waals surface area (Å²) in [4.78, 5) is 19.9. The molecule has 1 amide bonds. The molecule has 19 heavy (non-hydrogen) atoms. The van der Waals surface area contributed by atoms with Crippen LogP contribution in [0.4, 0.5) is 0 Å². The van der Waals surface area contributed by atoms with Crippen molar-refractivity contribution in [1.82, 2.24) is 9.97 Å². The summed E-state index contributed by atoms with van der Waals surface area (Å²) in [5, 5.41) is 1.95. The van der Waals surface area contributed by atoms with Gasteiger partial charge in [0.25, 0.3) is 5.91 Å². The average molecular weight is 269 g/mol. The molecule has 0 radical (unpaired) electrons. The molecule has 0 aliphatic heterocycles. The number of primary amides is 1. The summed E-state index contributed by atoms with van der Waals surface area (Å²) in [6, 6.07) is 13.5. The molecular weight excluding hydrogens is 258 g/mol. The van der Waals surface area contributed by atoms with Crippen molar-refractivity contribution in [3.8, 4) is 22.0 Å². The third-order valence-corrected chi connectivity index (χ3v) is 3.64. The van der Waals surface area contributed by atoms with Gasteiger partial charge in [-0.25, -0.2) is 4.98 Å². The quantitative estimate of drug-likeness (QED) is 0.767. The van der Waals surface area contributed by atoms with Gasteiger partial charge < -0.3 is 10.7 Å². The predicted octanol–water partition coefficient (Wildman–Crippen LogP) is 2.90. The van der Waals surface area contributed by atoms with Crippen molar-refractivity contribution in [3.05, 3.63) is 53.5 Å². The van der Waals surface area contributed by atoms with E-state index in [4.69, 9.17) is 5.73 Å². The van der Waals surface area contributed by atoms with Crippen molar-refractivity contribution in [3.63, 3.8) is 0 Å². The highest BCUT2D eigenvalue weighted by atomic mass is 32.1. The van der Waals surface area contributed by atoms with Gasteiger partial charge in [0.15, 0.2) is 5.69 Å². The van der Waals surface area contributed by atoms with Crippen LogP contribution in [-0.2, 0) is 0 Å². The zero-order valence-electron chi connectivity index (χ0n) is 9.96. The van der Waals surface area contributed by atoms with Gasteiger partial charge in [-0.3, -0.25) is 4.79 Å². The van der Waals surface area contributed by atoms with E-state index in [1.54, 1.807) is 0 Å². The lowest BCUT2D eigenvalue weighted by molar-refractivity contribution is 0.0997. The first-order chi connectivity index (χ1) is 9.25. The van der Waals surface area contributed by atoms with Gasteiger partial charge in [0, 0.05) is 5.56 Å². The number of amides is 1. The number of imidazole rings is 1. The zero-order chi connectivity index (χ0) is 13.2. The maximum absolute atomic E-state index is 11.5. The van der Waals surface area contributed by atoms with E-state index in [-0.39, 0.29) is 5.69 Å². The Morgan fingerprint density at radius 1 is 1.16 bits per heavy atom. The SMILES string of the molecule is NC(=O)c1nc(-c2ccccc2)[nH]c1-c1cccs1. The molecule has 2 aromatic heterocycles. The molecule has 0 bridgehead atoms. The van der Waals surface area contributed by atoms with Crippen LogP contribution in [0.2, 0.25) is 0 Å². The van der Waals surface area contributed by atoms with Crippen LogP contribution in [0.15, 0.2) is 47.8 Å². The minimum atomic E-state index is -0.526. The molecule has 2 heterocycles. The second-order valence-electron chi connectivity index (χ2n) is 4.02. The summed E-state index contributed by atoms with van der Waals surface area (Å²) < 4.78 is 0. The standard InChI is InChI=1S/C14H11N3OS/c15-13(18)12-11(10-7-4-8-19-10)16-14(17-12)9-5-2-1-3-6-9/h1-8H,(H2,15,18)(H,16,17). The first-order valence-corrected chi connectivity index (χ1v) is 6.63. The van der Waals surface area contributed by atoms with E-state index in [9.17, 15) is 4.79 Å². The number of carbonyl (C=O) groups is 1. The van der Waals surface area contributed by atoms with E-state index in [1.807, 2.05) is 47.8 Å². The fraction of sp³-hybridized carbons (Fsp3) is 0. The molecular formula is C14H11N3OS. The number of aromatic amines is 1. The molecule has 3 aromatic rings. The molecule has 3 rings (SSSR count). The molecule has 0 aliphatic carbocycles. The van der Waals surface area contributed by atoms with Crippen LogP contribution < -0.4 is 5.73 Å². The predicted molar refractivity (Wildman–Crippen MR) is 75.9 cm³/mol. The maximum Gasteiger partial charge on any atom is 0.269 e. The van der Waals surface area contributed by atoms with Crippen LogP contribution in [0.5, 0.6) is 0 Å². The minimum absolute atomic E-state index is 0.279. The summed E-state index contributed by atoms with van der Waals surface area (Å²) in [5.41, 5.74) is 7.28. The number of H-pyrrole nitrogens is 1. The number of thiophene rings is 1. The lowest BCUT2D eigenvalue weighted by Crippen LogP contribution is -2.12. The van der Waals surface area contributed by atoms with E-state index in [1.165, 1.54) is 11.3 Å². The van der Waals surface area contributed by atoms with Crippen LogP contribution in [0, 0.1) is 0 Å². The van der Waals surface area contributed by atoms with E-state index in [2.05, 4.69) is 9.97 Å². The third kappa shape index (κ3) is 2.15.